The lowest BCUT2D eigenvalue weighted by Gasteiger charge is -2.37. The predicted molar refractivity (Wildman–Crippen MR) is 206 cm³/mol. The molecule has 0 saturated carbocycles. The largest absolute Gasteiger partial charge is 0.494 e. The minimum Gasteiger partial charge on any atom is -0.494 e. The highest BCUT2D eigenvalue weighted by molar-refractivity contribution is 8.00. The van der Waals surface area contributed by atoms with E-state index < -0.39 is 21.5 Å². The Morgan fingerprint density at radius 2 is 1.71 bits per heavy atom. The Kier molecular flexibility index (Phi) is 11.6. The number of aryl methyl sites for hydroxylation is 1. The summed E-state index contributed by atoms with van der Waals surface area (Å²) in [6.07, 6.45) is 2.96. The fourth-order valence-electron chi connectivity index (χ4n) is 5.70. The Balaban J connectivity index is 1.22. The first-order chi connectivity index (χ1) is 24.9. The van der Waals surface area contributed by atoms with Crippen LogP contribution in [0.25, 0.3) is 22.0 Å². The molecule has 16 heteroatoms. The minimum atomic E-state index is -3.00. The van der Waals surface area contributed by atoms with Gasteiger partial charge < -0.3 is 19.7 Å². The second-order valence-electron chi connectivity index (χ2n) is 12.7. The molecule has 1 saturated heterocycles. The van der Waals surface area contributed by atoms with Crippen molar-refractivity contribution in [1.29, 1.82) is 0 Å². The molecule has 2 aromatic carbocycles. The maximum Gasteiger partial charge on any atom is 0.227 e. The topological polar surface area (TPSA) is 125 Å². The third-order valence-corrected chi connectivity index (χ3v) is 11.7. The van der Waals surface area contributed by atoms with Gasteiger partial charge in [-0.1, -0.05) is 26.0 Å². The number of nitrogens with zero attached hydrogens (tertiary/aromatic N) is 6. The van der Waals surface area contributed by atoms with E-state index in [-0.39, 0.29) is 16.6 Å². The molecule has 3 aromatic heterocycles. The number of thiazole rings is 1. The van der Waals surface area contributed by atoms with E-state index in [1.807, 2.05) is 37.3 Å². The quantitative estimate of drug-likeness (QED) is 0.116. The van der Waals surface area contributed by atoms with Crippen molar-refractivity contribution in [2.24, 2.45) is 0 Å². The zero-order chi connectivity index (χ0) is 37.0. The highest BCUT2D eigenvalue weighted by atomic mass is 32.2. The summed E-state index contributed by atoms with van der Waals surface area (Å²) in [5.74, 6) is 0.422. The number of nitrogens with one attached hydrogen (secondary N) is 2. The number of halogens is 2. The van der Waals surface area contributed by atoms with Crippen LogP contribution in [-0.4, -0.2) is 85.1 Å². The van der Waals surface area contributed by atoms with Crippen LogP contribution < -0.4 is 19.7 Å². The fourth-order valence-corrected chi connectivity index (χ4v) is 7.98. The van der Waals surface area contributed by atoms with Gasteiger partial charge in [0.05, 0.1) is 44.7 Å². The van der Waals surface area contributed by atoms with Gasteiger partial charge in [-0.15, -0.1) is 11.3 Å². The van der Waals surface area contributed by atoms with Crippen molar-refractivity contribution in [2.75, 3.05) is 66.8 Å². The maximum absolute atomic E-state index is 14.2. The van der Waals surface area contributed by atoms with Crippen LogP contribution in [-0.2, 0) is 9.84 Å². The third kappa shape index (κ3) is 8.97. The lowest BCUT2D eigenvalue weighted by molar-refractivity contribution is 0.272. The monoisotopic (exact) mass is 766 g/mol. The van der Waals surface area contributed by atoms with Crippen molar-refractivity contribution in [1.82, 2.24) is 24.8 Å². The van der Waals surface area contributed by atoms with Gasteiger partial charge in [-0.3, -0.25) is 4.90 Å². The predicted octanol–water partition coefficient (Wildman–Crippen LogP) is 7.41. The summed E-state index contributed by atoms with van der Waals surface area (Å²) >= 11 is 2.34. The van der Waals surface area contributed by atoms with Gasteiger partial charge >= 0.3 is 0 Å². The zero-order valence-electron chi connectivity index (χ0n) is 29.5. The summed E-state index contributed by atoms with van der Waals surface area (Å²) in [5, 5.41) is 4.25. The van der Waals surface area contributed by atoms with E-state index in [0.717, 1.165) is 59.3 Å². The maximum atomic E-state index is 14.2. The lowest BCUT2D eigenvalue weighted by atomic mass is 10.1. The number of hydrogen-bond donors (Lipinski definition) is 2. The highest BCUT2D eigenvalue weighted by Gasteiger charge is 2.23. The molecule has 1 aliphatic rings. The first-order valence-corrected chi connectivity index (χ1v) is 20.4. The average molecular weight is 767 g/mol. The number of pyridine rings is 1. The number of sulfone groups is 1. The summed E-state index contributed by atoms with van der Waals surface area (Å²) in [6.45, 7) is 9.83. The number of methoxy groups -OCH3 is 1. The number of hydrogen-bond acceptors (Lipinski definition) is 13. The van der Waals surface area contributed by atoms with Crippen molar-refractivity contribution in [3.05, 3.63) is 83.0 Å². The molecule has 6 rings (SSSR count). The molecule has 0 atom stereocenters. The number of ether oxygens (including phenoxy) is 1. The highest BCUT2D eigenvalue weighted by Crippen LogP contribution is 2.40. The van der Waals surface area contributed by atoms with Crippen LogP contribution in [0.1, 0.15) is 30.3 Å². The average Bonchev–Trinajstić information content (AvgIpc) is 3.57. The zero-order valence-corrected chi connectivity index (χ0v) is 31.9. The molecular weight excluding hydrogens is 727 g/mol. The van der Waals surface area contributed by atoms with Gasteiger partial charge in [0.15, 0.2) is 0 Å². The summed E-state index contributed by atoms with van der Waals surface area (Å²) in [4.78, 5) is 24.2. The van der Waals surface area contributed by atoms with Gasteiger partial charge in [-0.05, 0) is 60.8 Å². The Labute approximate surface area is 311 Å². The van der Waals surface area contributed by atoms with E-state index in [4.69, 9.17) is 19.7 Å². The van der Waals surface area contributed by atoms with E-state index >= 15 is 0 Å². The van der Waals surface area contributed by atoms with Crippen LogP contribution in [0.3, 0.4) is 0 Å². The van der Waals surface area contributed by atoms with Crippen LogP contribution in [0.4, 0.5) is 31.9 Å². The number of rotatable bonds is 13. The van der Waals surface area contributed by atoms with Gasteiger partial charge in [-0.25, -0.2) is 37.1 Å². The first kappa shape index (κ1) is 37.4. The minimum absolute atomic E-state index is 0.143. The Morgan fingerprint density at radius 1 is 0.981 bits per heavy atom. The molecule has 52 heavy (non-hydrogen) atoms. The van der Waals surface area contributed by atoms with Gasteiger partial charge in [0.1, 0.15) is 38.7 Å². The van der Waals surface area contributed by atoms with E-state index in [1.165, 1.54) is 35.8 Å². The SMILES string of the molecule is COc1cc(N2CCN(CCS(C)(=O)=O)CC2)c(C)cc1Nc1nccc(-c2sc(C(C)C)nc2-c2cccc(NSc3c(F)cccc3F)n2)n1. The van der Waals surface area contributed by atoms with Crippen LogP contribution in [0, 0.1) is 18.6 Å². The molecule has 0 unspecified atom stereocenters. The van der Waals surface area contributed by atoms with Crippen molar-refractivity contribution in [3.63, 3.8) is 0 Å². The summed E-state index contributed by atoms with van der Waals surface area (Å²) in [6, 6.07) is 15.0. The molecule has 274 valence electrons. The van der Waals surface area contributed by atoms with Crippen LogP contribution in [0.15, 0.2) is 65.7 Å². The molecule has 1 fully saturated rings. The summed E-state index contributed by atoms with van der Waals surface area (Å²) in [7, 11) is -1.38. The molecular formula is C36H40F2N8O3S3. The molecule has 0 aliphatic carbocycles. The molecule has 5 aromatic rings. The molecule has 1 aliphatic heterocycles. The molecule has 2 N–H and O–H groups in total. The fraction of sp³-hybridized carbons (Fsp3) is 0.333. The van der Waals surface area contributed by atoms with Gasteiger partial charge in [0, 0.05) is 62.8 Å². The molecule has 0 bridgehead atoms. The lowest BCUT2D eigenvalue weighted by Crippen LogP contribution is -2.47. The number of anilines is 4. The Bertz CT molecular complexity index is 2140. The van der Waals surface area contributed by atoms with Crippen LogP contribution in [0.5, 0.6) is 5.75 Å². The van der Waals surface area contributed by atoms with E-state index in [0.29, 0.717) is 46.8 Å². The van der Waals surface area contributed by atoms with Gasteiger partial charge in [-0.2, -0.15) is 0 Å². The second-order valence-corrected chi connectivity index (χ2v) is 16.8. The number of piperazine rings is 1. The van der Waals surface area contributed by atoms with Crippen molar-refractivity contribution in [3.8, 4) is 27.7 Å². The number of aromatic nitrogens is 4. The normalized spacial score (nSPS) is 13.8. The van der Waals surface area contributed by atoms with Crippen molar-refractivity contribution >= 4 is 56.3 Å². The van der Waals surface area contributed by atoms with Crippen LogP contribution in [0.2, 0.25) is 0 Å². The van der Waals surface area contributed by atoms with Crippen LogP contribution >= 0.6 is 23.3 Å². The molecule has 4 heterocycles. The van der Waals surface area contributed by atoms with E-state index in [9.17, 15) is 17.2 Å². The molecule has 11 nitrogen and oxygen atoms in total. The molecule has 0 radical (unpaired) electrons. The van der Waals surface area contributed by atoms with Crippen molar-refractivity contribution < 1.29 is 21.9 Å². The second kappa shape index (κ2) is 16.1. The van der Waals surface area contributed by atoms with Gasteiger partial charge in [0.25, 0.3) is 0 Å². The van der Waals surface area contributed by atoms with Crippen molar-refractivity contribution in [2.45, 2.75) is 31.6 Å². The molecule has 0 spiro atoms. The summed E-state index contributed by atoms with van der Waals surface area (Å²) in [5.41, 5.74) is 4.68. The number of benzene rings is 2. The summed E-state index contributed by atoms with van der Waals surface area (Å²) < 4.78 is 60.5. The Morgan fingerprint density at radius 3 is 2.40 bits per heavy atom. The molecule has 0 amide bonds. The standard InChI is InChI=1S/C36H40F2N8O3S3/c1-22(2)35-43-32(26-10-7-11-31(40-26)44-51-33-24(37)8-6-9-25(33)38)34(50-35)27-12-13-39-36(41-27)42-28-20-23(3)29(21-30(28)49-4)46-16-14-45(15-17-46)18-19-52(5,47)48/h6-13,20-22H,14-19H2,1-5H3,(H,40,44)(H,39,41,42). The smallest absolute Gasteiger partial charge is 0.227 e. The Hall–Kier alpha value is -4.38. The third-order valence-electron chi connectivity index (χ3n) is 8.45. The first-order valence-electron chi connectivity index (χ1n) is 16.7. The van der Waals surface area contributed by atoms with E-state index in [2.05, 4.69) is 38.7 Å². The van der Waals surface area contributed by atoms with Gasteiger partial charge in [0.2, 0.25) is 5.95 Å². The van der Waals surface area contributed by atoms with E-state index in [1.54, 1.807) is 19.4 Å².